The van der Waals surface area contributed by atoms with E-state index in [1.54, 1.807) is 0 Å². The van der Waals surface area contributed by atoms with Crippen molar-refractivity contribution in [3.05, 3.63) is 175 Å². The van der Waals surface area contributed by atoms with Gasteiger partial charge in [-0.15, -0.1) is 0 Å². The minimum Gasteiger partial charge on any atom is -0.309 e. The first-order valence-corrected chi connectivity index (χ1v) is 16.3. The Labute approximate surface area is 283 Å². The van der Waals surface area contributed by atoms with Gasteiger partial charge < -0.3 is 4.57 Å². The lowest BCUT2D eigenvalue weighted by Gasteiger charge is -2.18. The van der Waals surface area contributed by atoms with Crippen LogP contribution in [0.15, 0.2) is 164 Å². The normalized spacial score (nSPS) is 11.2. The van der Waals surface area contributed by atoms with Gasteiger partial charge in [0, 0.05) is 27.6 Å². The summed E-state index contributed by atoms with van der Waals surface area (Å²) in [5.74, 6) is 0. The van der Waals surface area contributed by atoms with Gasteiger partial charge in [0.15, 0.2) is 0 Å². The summed E-state index contributed by atoms with van der Waals surface area (Å²) in [5, 5.41) is 27.8. The second-order valence-electron chi connectivity index (χ2n) is 12.3. The molecule has 0 spiro atoms. The predicted molar refractivity (Wildman–Crippen MR) is 202 cm³/mol. The van der Waals surface area contributed by atoms with E-state index in [4.69, 9.17) is 0 Å². The Balaban J connectivity index is 1.27. The topological polar surface area (TPSA) is 52.5 Å². The lowest BCUT2D eigenvalue weighted by atomic mass is 9.85. The van der Waals surface area contributed by atoms with Gasteiger partial charge in [-0.05, 0) is 80.2 Å². The molecule has 0 atom stereocenters. The molecule has 1 heterocycles. The quantitative estimate of drug-likeness (QED) is 0.184. The van der Waals surface area contributed by atoms with Gasteiger partial charge in [-0.3, -0.25) is 0 Å². The van der Waals surface area contributed by atoms with Crippen LogP contribution in [-0.2, 0) is 0 Å². The molecule has 0 aliphatic carbocycles. The number of hydrogen-bond acceptors (Lipinski definition) is 2. The van der Waals surface area contributed by atoms with E-state index in [2.05, 4.69) is 144 Å². The molecule has 0 aliphatic rings. The van der Waals surface area contributed by atoms with Gasteiger partial charge in [0.2, 0.25) is 0 Å². The number of benzene rings is 8. The first-order valence-electron chi connectivity index (χ1n) is 16.3. The Bertz CT molecular complexity index is 2740. The number of aromatic nitrogens is 1. The fraction of sp³-hybridized carbons (Fsp3) is 0. The average Bonchev–Trinajstić information content (AvgIpc) is 3.51. The highest BCUT2D eigenvalue weighted by Crippen LogP contribution is 2.44. The molecule has 0 aliphatic heterocycles. The monoisotopic (exact) mass is 621 g/mol. The number of rotatable bonds is 4. The number of fused-ring (bicyclic) bond motifs is 5. The third-order valence-electron chi connectivity index (χ3n) is 9.67. The number of hydrogen-bond donors (Lipinski definition) is 0. The van der Waals surface area contributed by atoms with E-state index < -0.39 is 0 Å². The second-order valence-corrected chi connectivity index (χ2v) is 12.3. The molecule has 1 aromatic heterocycles. The summed E-state index contributed by atoms with van der Waals surface area (Å²) in [6.45, 7) is 0. The fourth-order valence-corrected chi connectivity index (χ4v) is 7.57. The van der Waals surface area contributed by atoms with E-state index in [0.717, 1.165) is 60.5 Å². The number of nitrogens with zero attached hydrogens (tertiary/aromatic N) is 3. The van der Waals surface area contributed by atoms with Crippen molar-refractivity contribution in [2.24, 2.45) is 0 Å². The molecule has 3 heteroatoms. The summed E-state index contributed by atoms with van der Waals surface area (Å²) in [6, 6.07) is 61.2. The van der Waals surface area contributed by atoms with Crippen LogP contribution in [0.2, 0.25) is 0 Å². The van der Waals surface area contributed by atoms with Crippen LogP contribution in [0.4, 0.5) is 0 Å². The zero-order valence-electron chi connectivity index (χ0n) is 26.4. The Morgan fingerprint density at radius 2 is 0.857 bits per heavy atom. The van der Waals surface area contributed by atoms with E-state index >= 15 is 0 Å². The summed E-state index contributed by atoms with van der Waals surface area (Å²) in [4.78, 5) is 0. The van der Waals surface area contributed by atoms with Gasteiger partial charge in [-0.2, -0.15) is 10.5 Å². The van der Waals surface area contributed by atoms with Crippen molar-refractivity contribution >= 4 is 43.4 Å². The van der Waals surface area contributed by atoms with Crippen molar-refractivity contribution in [3.8, 4) is 51.2 Å². The predicted octanol–water partition coefficient (Wildman–Crippen LogP) is 11.8. The van der Waals surface area contributed by atoms with Crippen molar-refractivity contribution in [2.75, 3.05) is 0 Å². The molecule has 0 N–H and O–H groups in total. The first kappa shape index (κ1) is 28.3. The molecule has 0 saturated carbocycles. The molecule has 9 rings (SSSR count). The van der Waals surface area contributed by atoms with Crippen molar-refractivity contribution in [3.63, 3.8) is 0 Å². The number of para-hydroxylation sites is 2. The molecule has 0 saturated heterocycles. The van der Waals surface area contributed by atoms with Crippen molar-refractivity contribution in [1.29, 1.82) is 10.5 Å². The van der Waals surface area contributed by atoms with Crippen LogP contribution in [0, 0.1) is 22.7 Å². The maximum atomic E-state index is 10.6. The van der Waals surface area contributed by atoms with Crippen LogP contribution in [0.25, 0.3) is 82.4 Å². The van der Waals surface area contributed by atoms with Crippen LogP contribution >= 0.6 is 0 Å². The summed E-state index contributed by atoms with van der Waals surface area (Å²) in [7, 11) is 0. The molecular formula is C46H27N3. The van der Waals surface area contributed by atoms with E-state index in [1.165, 1.54) is 21.9 Å². The van der Waals surface area contributed by atoms with E-state index in [9.17, 15) is 10.5 Å². The number of nitriles is 2. The van der Waals surface area contributed by atoms with Crippen LogP contribution in [-0.4, -0.2) is 4.57 Å². The van der Waals surface area contributed by atoms with Crippen molar-refractivity contribution in [1.82, 2.24) is 4.57 Å². The maximum absolute atomic E-state index is 10.6. The Hall–Kier alpha value is -6.94. The van der Waals surface area contributed by atoms with E-state index in [1.807, 2.05) is 36.4 Å². The minimum absolute atomic E-state index is 0.522. The van der Waals surface area contributed by atoms with Gasteiger partial charge in [-0.25, -0.2) is 0 Å². The van der Waals surface area contributed by atoms with Crippen LogP contribution < -0.4 is 0 Å². The highest BCUT2D eigenvalue weighted by Gasteiger charge is 2.19. The lowest BCUT2D eigenvalue weighted by Crippen LogP contribution is -1.97. The van der Waals surface area contributed by atoms with Gasteiger partial charge in [0.1, 0.15) is 0 Å². The largest absolute Gasteiger partial charge is 0.309 e. The highest BCUT2D eigenvalue weighted by molar-refractivity contribution is 6.21. The average molecular weight is 622 g/mol. The molecule has 8 aromatic carbocycles. The molecule has 0 fully saturated rings. The molecule has 226 valence electrons. The van der Waals surface area contributed by atoms with Gasteiger partial charge in [0.05, 0.1) is 34.3 Å². The zero-order chi connectivity index (χ0) is 32.9. The zero-order valence-corrected chi connectivity index (χ0v) is 26.4. The molecule has 9 aromatic rings. The van der Waals surface area contributed by atoms with Crippen molar-refractivity contribution in [2.45, 2.75) is 0 Å². The van der Waals surface area contributed by atoms with Gasteiger partial charge in [0.25, 0.3) is 0 Å². The van der Waals surface area contributed by atoms with E-state index in [-0.39, 0.29) is 0 Å². The van der Waals surface area contributed by atoms with Gasteiger partial charge >= 0.3 is 0 Å². The summed E-state index contributed by atoms with van der Waals surface area (Å²) in [5.41, 5.74) is 10.1. The third-order valence-corrected chi connectivity index (χ3v) is 9.67. The Morgan fingerprint density at radius 1 is 0.367 bits per heavy atom. The Morgan fingerprint density at radius 3 is 1.41 bits per heavy atom. The van der Waals surface area contributed by atoms with Crippen LogP contribution in [0.5, 0.6) is 0 Å². The maximum Gasteiger partial charge on any atom is 0.0998 e. The summed E-state index contributed by atoms with van der Waals surface area (Å²) in [6.07, 6.45) is 0. The standard InChI is InChI=1S/C46H27N3/c47-28-32-22-24-34(49-43-20-10-8-14-36(43)37-15-9-11-21-44(37)49)27-42(32)35-25-23-31(26-33(35)29-48)46-40-18-6-4-16-38(40)45(30-12-2-1-3-13-30)39-17-5-7-19-41(39)46/h1-27H. The molecule has 0 radical (unpaired) electrons. The highest BCUT2D eigenvalue weighted by atomic mass is 15.0. The molecular weight excluding hydrogens is 595 g/mol. The smallest absolute Gasteiger partial charge is 0.0998 e. The summed E-state index contributed by atoms with van der Waals surface area (Å²) < 4.78 is 2.24. The fourth-order valence-electron chi connectivity index (χ4n) is 7.57. The summed E-state index contributed by atoms with van der Waals surface area (Å²) >= 11 is 0. The van der Waals surface area contributed by atoms with E-state index in [0.29, 0.717) is 11.1 Å². The third kappa shape index (κ3) is 4.42. The molecule has 0 bridgehead atoms. The van der Waals surface area contributed by atoms with Gasteiger partial charge in [-0.1, -0.05) is 127 Å². The van der Waals surface area contributed by atoms with Crippen LogP contribution in [0.1, 0.15) is 11.1 Å². The Kier molecular flexibility index (Phi) is 6.58. The SMILES string of the molecule is N#Cc1cc(-c2c3ccccc3c(-c3ccccc3)c3ccccc23)ccc1-c1cc(-n2c3ccccc3c3ccccc32)ccc1C#N. The second kappa shape index (κ2) is 11.4. The molecule has 0 amide bonds. The molecule has 3 nitrogen and oxygen atoms in total. The molecule has 49 heavy (non-hydrogen) atoms. The minimum atomic E-state index is 0.522. The van der Waals surface area contributed by atoms with Crippen LogP contribution in [0.3, 0.4) is 0 Å². The van der Waals surface area contributed by atoms with Crippen molar-refractivity contribution < 1.29 is 0 Å². The molecule has 0 unspecified atom stereocenters. The first-order chi connectivity index (χ1) is 24.2. The lowest BCUT2D eigenvalue weighted by molar-refractivity contribution is 1.18.